The van der Waals surface area contributed by atoms with Crippen LogP contribution in [0.25, 0.3) is 0 Å². The lowest BCUT2D eigenvalue weighted by molar-refractivity contribution is -0.905. The number of nitrogens with zero attached hydrogens (tertiary/aromatic N) is 1. The van der Waals surface area contributed by atoms with Crippen LogP contribution in [0.5, 0.6) is 5.75 Å². The van der Waals surface area contributed by atoms with E-state index in [0.29, 0.717) is 5.75 Å². The molecule has 100 valence electrons. The average molecular weight is 270 g/mol. The molecule has 0 bridgehead atoms. The molecule has 4 nitrogen and oxygen atoms in total. The summed E-state index contributed by atoms with van der Waals surface area (Å²) in [5.74, 6) is 0.692. The van der Waals surface area contributed by atoms with Crippen LogP contribution >= 0.6 is 7.37 Å². The third-order valence-electron chi connectivity index (χ3n) is 3.23. The van der Waals surface area contributed by atoms with Gasteiger partial charge in [0, 0.05) is 18.6 Å². The molecule has 1 atom stereocenters. The minimum absolute atomic E-state index is 0.118. The highest BCUT2D eigenvalue weighted by Crippen LogP contribution is 2.35. The van der Waals surface area contributed by atoms with E-state index in [2.05, 4.69) is 20.2 Å². The summed E-state index contributed by atoms with van der Waals surface area (Å²) >= 11 is 0. The van der Waals surface area contributed by atoms with Crippen molar-refractivity contribution in [2.45, 2.75) is 13.0 Å². The predicted molar refractivity (Wildman–Crippen MR) is 72.1 cm³/mol. The van der Waals surface area contributed by atoms with Gasteiger partial charge in [0.15, 0.2) is 6.35 Å². The van der Waals surface area contributed by atoms with Crippen molar-refractivity contribution >= 4 is 7.37 Å². The Hall–Kier alpha value is -0.830. The minimum Gasteiger partial charge on any atom is -0.484 e. The molecule has 1 aromatic carbocycles. The second-order valence-electron chi connectivity index (χ2n) is 5.82. The number of likely N-dealkylation sites (N-methyl/N-ethyl adjacent to an activating group) is 1. The van der Waals surface area contributed by atoms with Crippen LogP contribution in [-0.4, -0.2) is 43.0 Å². The van der Waals surface area contributed by atoms with E-state index in [-0.39, 0.29) is 6.35 Å². The van der Waals surface area contributed by atoms with Crippen molar-refractivity contribution in [3.05, 3.63) is 29.3 Å². The SMILES string of the molecule is C[N+]1(C)CCc2cc(OCP(C)(=O)O)ccc2C1. The quantitative estimate of drug-likeness (QED) is 0.675. The summed E-state index contributed by atoms with van der Waals surface area (Å²) in [6.45, 7) is 3.45. The van der Waals surface area contributed by atoms with Crippen LogP contribution in [-0.2, 0) is 17.5 Å². The molecule has 1 aromatic rings. The Kier molecular flexibility index (Phi) is 3.54. The molecule has 18 heavy (non-hydrogen) atoms. The van der Waals surface area contributed by atoms with Gasteiger partial charge in [0.1, 0.15) is 12.3 Å². The molecule has 0 spiro atoms. The highest BCUT2D eigenvalue weighted by molar-refractivity contribution is 7.56. The second kappa shape index (κ2) is 4.69. The fourth-order valence-corrected chi connectivity index (χ4v) is 2.63. The summed E-state index contributed by atoms with van der Waals surface area (Å²) in [5, 5.41) is 0. The minimum atomic E-state index is -3.11. The number of hydrogen-bond donors (Lipinski definition) is 1. The van der Waals surface area contributed by atoms with Crippen molar-refractivity contribution in [1.29, 1.82) is 0 Å². The van der Waals surface area contributed by atoms with Gasteiger partial charge in [0.25, 0.3) is 0 Å². The second-order valence-corrected chi connectivity index (χ2v) is 8.18. The molecule has 5 heteroatoms. The van der Waals surface area contributed by atoms with Gasteiger partial charge in [-0.1, -0.05) is 0 Å². The van der Waals surface area contributed by atoms with E-state index in [1.807, 2.05) is 12.1 Å². The Balaban J connectivity index is 2.12. The number of fused-ring (bicyclic) bond motifs is 1. The summed E-state index contributed by atoms with van der Waals surface area (Å²) in [4.78, 5) is 9.21. The number of quaternary nitrogens is 1. The first-order chi connectivity index (χ1) is 8.25. The van der Waals surface area contributed by atoms with Gasteiger partial charge in [-0.05, 0) is 23.8 Å². The molecule has 0 amide bonds. The molecule has 0 saturated heterocycles. The maximum absolute atomic E-state index is 11.2. The molecule has 0 fully saturated rings. The largest absolute Gasteiger partial charge is 0.484 e. The summed E-state index contributed by atoms with van der Waals surface area (Å²) in [6.07, 6.45) is 0.912. The van der Waals surface area contributed by atoms with Gasteiger partial charge in [-0.25, -0.2) is 0 Å². The van der Waals surface area contributed by atoms with E-state index in [4.69, 9.17) is 4.74 Å². The summed E-state index contributed by atoms with van der Waals surface area (Å²) < 4.78 is 17.6. The number of ether oxygens (including phenoxy) is 1. The van der Waals surface area contributed by atoms with Gasteiger partial charge >= 0.3 is 0 Å². The molecular weight excluding hydrogens is 249 g/mol. The fraction of sp³-hybridized carbons (Fsp3) is 0.538. The molecule has 2 rings (SSSR count). The van der Waals surface area contributed by atoms with Gasteiger partial charge in [-0.2, -0.15) is 0 Å². The van der Waals surface area contributed by atoms with E-state index in [9.17, 15) is 9.46 Å². The Morgan fingerprint density at radius 2 is 2.11 bits per heavy atom. The number of benzene rings is 1. The van der Waals surface area contributed by atoms with Crippen LogP contribution in [0.15, 0.2) is 18.2 Å². The van der Waals surface area contributed by atoms with Crippen molar-refractivity contribution in [3.63, 3.8) is 0 Å². The van der Waals surface area contributed by atoms with Crippen molar-refractivity contribution in [2.24, 2.45) is 0 Å². The zero-order valence-electron chi connectivity index (χ0n) is 11.2. The monoisotopic (exact) mass is 270 g/mol. The maximum atomic E-state index is 11.2. The molecule has 0 aliphatic carbocycles. The molecule has 1 N–H and O–H groups in total. The molecule has 1 aliphatic heterocycles. The van der Waals surface area contributed by atoms with Crippen LogP contribution in [0.2, 0.25) is 0 Å². The molecule has 1 unspecified atom stereocenters. The smallest absolute Gasteiger partial charge is 0.233 e. The lowest BCUT2D eigenvalue weighted by Crippen LogP contribution is -2.43. The lowest BCUT2D eigenvalue weighted by Gasteiger charge is -2.34. The van der Waals surface area contributed by atoms with Crippen LogP contribution in [0.1, 0.15) is 11.1 Å². The van der Waals surface area contributed by atoms with Crippen LogP contribution < -0.4 is 4.74 Å². The van der Waals surface area contributed by atoms with Gasteiger partial charge in [0.2, 0.25) is 7.37 Å². The highest BCUT2D eigenvalue weighted by Gasteiger charge is 2.24. The van der Waals surface area contributed by atoms with Gasteiger partial charge in [-0.15, -0.1) is 0 Å². The molecule has 1 heterocycles. The Labute approximate surface area is 108 Å². The first kappa shape index (κ1) is 13.6. The number of hydrogen-bond acceptors (Lipinski definition) is 2. The molecule has 1 aliphatic rings. The van der Waals surface area contributed by atoms with Crippen LogP contribution in [0.4, 0.5) is 0 Å². The first-order valence-electron chi connectivity index (χ1n) is 6.11. The zero-order chi connectivity index (χ0) is 13.4. The lowest BCUT2D eigenvalue weighted by atomic mass is 9.98. The topological polar surface area (TPSA) is 46.5 Å². The van der Waals surface area contributed by atoms with E-state index >= 15 is 0 Å². The highest BCUT2D eigenvalue weighted by atomic mass is 31.2. The molecule has 0 radical (unpaired) electrons. The molecule has 0 aromatic heterocycles. The van der Waals surface area contributed by atoms with Crippen molar-refractivity contribution in [3.8, 4) is 5.75 Å². The van der Waals surface area contributed by atoms with Gasteiger partial charge in [-0.3, -0.25) is 4.57 Å². The van der Waals surface area contributed by atoms with E-state index in [1.54, 1.807) is 0 Å². The summed E-state index contributed by atoms with van der Waals surface area (Å²) in [6, 6.07) is 5.96. The average Bonchev–Trinajstić information content (AvgIpc) is 2.24. The van der Waals surface area contributed by atoms with Crippen molar-refractivity contribution in [2.75, 3.05) is 33.7 Å². The van der Waals surface area contributed by atoms with E-state index in [0.717, 1.165) is 24.0 Å². The van der Waals surface area contributed by atoms with Crippen molar-refractivity contribution < 1.29 is 18.7 Å². The number of rotatable bonds is 3. The predicted octanol–water partition coefficient (Wildman–Crippen LogP) is 2.06. The molecular formula is C13H21NO3P+. The normalized spacial score (nSPS) is 20.9. The van der Waals surface area contributed by atoms with E-state index in [1.165, 1.54) is 17.8 Å². The Morgan fingerprint density at radius 3 is 2.78 bits per heavy atom. The zero-order valence-corrected chi connectivity index (χ0v) is 12.1. The molecule has 0 saturated carbocycles. The Bertz CT molecular complexity index is 493. The standard InChI is InChI=1S/C13H20NO3P/c1-14(2)7-6-11-8-13(5-4-12(11)9-14)17-10-18(3,15)16/h4-5,8H,6-7,9-10H2,1-3H3/p+1. The third kappa shape index (κ3) is 3.58. The van der Waals surface area contributed by atoms with Gasteiger partial charge < -0.3 is 14.1 Å². The van der Waals surface area contributed by atoms with Crippen LogP contribution in [0.3, 0.4) is 0 Å². The maximum Gasteiger partial charge on any atom is 0.233 e. The van der Waals surface area contributed by atoms with Crippen LogP contribution in [0, 0.1) is 0 Å². The fourth-order valence-electron chi connectivity index (χ4n) is 2.24. The van der Waals surface area contributed by atoms with Gasteiger partial charge in [0.05, 0.1) is 20.6 Å². The summed E-state index contributed by atoms with van der Waals surface area (Å²) in [7, 11) is 1.35. The van der Waals surface area contributed by atoms with E-state index < -0.39 is 7.37 Å². The Morgan fingerprint density at radius 1 is 1.39 bits per heavy atom. The third-order valence-corrected chi connectivity index (χ3v) is 3.84. The van der Waals surface area contributed by atoms with Crippen molar-refractivity contribution in [1.82, 2.24) is 0 Å². The first-order valence-corrected chi connectivity index (χ1v) is 8.40. The summed E-state index contributed by atoms with van der Waals surface area (Å²) in [5.41, 5.74) is 2.65.